The molecule has 0 saturated carbocycles. The van der Waals surface area contributed by atoms with Crippen molar-refractivity contribution in [2.75, 3.05) is 6.54 Å². The van der Waals surface area contributed by atoms with Gasteiger partial charge in [-0.15, -0.1) is 0 Å². The van der Waals surface area contributed by atoms with E-state index in [0.717, 1.165) is 17.7 Å². The van der Waals surface area contributed by atoms with Crippen LogP contribution in [-0.4, -0.2) is 29.2 Å². The zero-order chi connectivity index (χ0) is 14.0. The largest absolute Gasteiger partial charge is 0.390 e. The molecule has 0 fully saturated rings. The number of likely N-dealkylation sites (N-methyl/N-ethyl adjacent to an activating group) is 1. The molecule has 0 unspecified atom stereocenters. The van der Waals surface area contributed by atoms with E-state index >= 15 is 0 Å². The second-order valence-corrected chi connectivity index (χ2v) is 5.58. The monoisotopic (exact) mass is 262 g/mol. The maximum atomic E-state index is 12.3. The molecule has 1 aromatic rings. The van der Waals surface area contributed by atoms with Gasteiger partial charge in [0.25, 0.3) is 0 Å². The van der Waals surface area contributed by atoms with E-state index in [1.54, 1.807) is 0 Å². The summed E-state index contributed by atoms with van der Waals surface area (Å²) in [5.41, 5.74) is 1.50. The predicted octanol–water partition coefficient (Wildman–Crippen LogP) is 1.15. The first-order valence-electron chi connectivity index (χ1n) is 6.77. The van der Waals surface area contributed by atoms with Gasteiger partial charge in [0.2, 0.25) is 5.91 Å². The molecule has 0 spiro atoms. The van der Waals surface area contributed by atoms with Crippen molar-refractivity contribution in [3.8, 4) is 0 Å². The Morgan fingerprint density at radius 2 is 2.11 bits per heavy atom. The van der Waals surface area contributed by atoms with Gasteiger partial charge in [-0.2, -0.15) is 0 Å². The molecule has 0 heterocycles. The minimum absolute atomic E-state index is 0.0879. The molecular formula is C15H22N2O2. The molecule has 0 saturated heterocycles. The van der Waals surface area contributed by atoms with Crippen LogP contribution in [0.1, 0.15) is 37.9 Å². The fourth-order valence-corrected chi connectivity index (χ4v) is 2.59. The Balaban J connectivity index is 2.14. The van der Waals surface area contributed by atoms with Gasteiger partial charge >= 0.3 is 0 Å². The van der Waals surface area contributed by atoms with Crippen molar-refractivity contribution >= 4 is 5.91 Å². The minimum Gasteiger partial charge on any atom is -0.390 e. The molecule has 3 N–H and O–H groups in total. The first-order valence-corrected chi connectivity index (χ1v) is 6.77. The highest BCUT2D eigenvalue weighted by molar-refractivity contribution is 5.86. The molecule has 0 radical (unpaired) electrons. The standard InChI is InChI=1S/C15H22N2O2/c1-4-16-15(2,3)14(19)17-13-11-8-6-5-7-10(11)9-12(13)18/h5-8,12-13,16,18H,4,9H2,1-3H3,(H,17,19)/t12-,13+/m0/s1. The number of carbonyl (C=O) groups excluding carboxylic acids is 1. The third kappa shape index (κ3) is 2.80. The van der Waals surface area contributed by atoms with Gasteiger partial charge in [-0.05, 0) is 31.5 Å². The number of nitrogens with one attached hydrogen (secondary N) is 2. The smallest absolute Gasteiger partial charge is 0.240 e. The van der Waals surface area contributed by atoms with Gasteiger partial charge in [0.15, 0.2) is 0 Å². The van der Waals surface area contributed by atoms with Crippen LogP contribution in [0.25, 0.3) is 0 Å². The van der Waals surface area contributed by atoms with E-state index in [9.17, 15) is 9.90 Å². The summed E-state index contributed by atoms with van der Waals surface area (Å²) in [6.45, 7) is 6.39. The fraction of sp³-hybridized carbons (Fsp3) is 0.533. The lowest BCUT2D eigenvalue weighted by molar-refractivity contribution is -0.128. The SMILES string of the molecule is CCNC(C)(C)C(=O)N[C@@H]1c2ccccc2C[C@@H]1O. The summed E-state index contributed by atoms with van der Waals surface area (Å²) in [5, 5.41) is 16.2. The Hall–Kier alpha value is -1.39. The van der Waals surface area contributed by atoms with Crippen molar-refractivity contribution in [3.63, 3.8) is 0 Å². The van der Waals surface area contributed by atoms with Crippen molar-refractivity contribution in [1.82, 2.24) is 10.6 Å². The average Bonchev–Trinajstić information content (AvgIpc) is 2.66. The number of aliphatic hydroxyl groups is 1. The number of amides is 1. The van der Waals surface area contributed by atoms with Crippen LogP contribution in [0.5, 0.6) is 0 Å². The van der Waals surface area contributed by atoms with Crippen LogP contribution >= 0.6 is 0 Å². The molecule has 19 heavy (non-hydrogen) atoms. The summed E-state index contributed by atoms with van der Waals surface area (Å²) in [5.74, 6) is -0.0879. The van der Waals surface area contributed by atoms with Crippen molar-refractivity contribution < 1.29 is 9.90 Å². The molecule has 0 aliphatic heterocycles. The van der Waals surface area contributed by atoms with Crippen LogP contribution < -0.4 is 10.6 Å². The number of hydrogen-bond donors (Lipinski definition) is 3. The number of aliphatic hydroxyl groups excluding tert-OH is 1. The van der Waals surface area contributed by atoms with Crippen LogP contribution in [0.15, 0.2) is 24.3 Å². The highest BCUT2D eigenvalue weighted by Crippen LogP contribution is 2.31. The molecule has 1 aromatic carbocycles. The molecule has 0 aromatic heterocycles. The third-order valence-electron chi connectivity index (χ3n) is 3.68. The Bertz CT molecular complexity index is 471. The van der Waals surface area contributed by atoms with E-state index in [1.165, 1.54) is 0 Å². The van der Waals surface area contributed by atoms with Crippen molar-refractivity contribution in [2.24, 2.45) is 0 Å². The lowest BCUT2D eigenvalue weighted by atomic mass is 10.0. The van der Waals surface area contributed by atoms with E-state index < -0.39 is 11.6 Å². The topological polar surface area (TPSA) is 61.4 Å². The molecule has 4 nitrogen and oxygen atoms in total. The molecule has 1 aliphatic rings. The predicted molar refractivity (Wildman–Crippen MR) is 74.8 cm³/mol. The van der Waals surface area contributed by atoms with Gasteiger partial charge in [-0.1, -0.05) is 31.2 Å². The van der Waals surface area contributed by atoms with Gasteiger partial charge in [0.1, 0.15) is 0 Å². The van der Waals surface area contributed by atoms with Gasteiger partial charge in [-0.25, -0.2) is 0 Å². The van der Waals surface area contributed by atoms with E-state index in [4.69, 9.17) is 0 Å². The van der Waals surface area contributed by atoms with E-state index in [1.807, 2.05) is 45.0 Å². The summed E-state index contributed by atoms with van der Waals surface area (Å²) in [6.07, 6.45) is 0.0572. The van der Waals surface area contributed by atoms with Crippen molar-refractivity contribution in [2.45, 2.75) is 44.9 Å². The van der Waals surface area contributed by atoms with Crippen molar-refractivity contribution in [3.05, 3.63) is 35.4 Å². The van der Waals surface area contributed by atoms with Crippen LogP contribution in [0.4, 0.5) is 0 Å². The van der Waals surface area contributed by atoms with Gasteiger partial charge in [0.05, 0.1) is 17.7 Å². The highest BCUT2D eigenvalue weighted by Gasteiger charge is 2.35. The molecule has 2 rings (SSSR count). The second kappa shape index (κ2) is 5.31. The summed E-state index contributed by atoms with van der Waals surface area (Å²) < 4.78 is 0. The Morgan fingerprint density at radius 3 is 2.79 bits per heavy atom. The third-order valence-corrected chi connectivity index (χ3v) is 3.68. The quantitative estimate of drug-likeness (QED) is 0.763. The van der Waals surface area contributed by atoms with E-state index in [0.29, 0.717) is 6.42 Å². The van der Waals surface area contributed by atoms with E-state index in [2.05, 4.69) is 10.6 Å². The molecule has 104 valence electrons. The first kappa shape index (κ1) is 14.0. The number of carbonyl (C=O) groups is 1. The zero-order valence-electron chi connectivity index (χ0n) is 11.7. The lowest BCUT2D eigenvalue weighted by Crippen LogP contribution is -2.54. The molecule has 4 heteroatoms. The van der Waals surface area contributed by atoms with Gasteiger partial charge in [0, 0.05) is 6.42 Å². The Morgan fingerprint density at radius 1 is 1.42 bits per heavy atom. The summed E-state index contributed by atoms with van der Waals surface area (Å²) in [6, 6.07) is 7.56. The van der Waals surface area contributed by atoms with Gasteiger partial charge in [-0.3, -0.25) is 4.79 Å². The summed E-state index contributed by atoms with van der Waals surface area (Å²) >= 11 is 0. The molecule has 0 bridgehead atoms. The van der Waals surface area contributed by atoms with E-state index in [-0.39, 0.29) is 11.9 Å². The van der Waals surface area contributed by atoms with Crippen LogP contribution in [0.3, 0.4) is 0 Å². The van der Waals surface area contributed by atoms with Crippen LogP contribution in [0.2, 0.25) is 0 Å². The normalized spacial score (nSPS) is 22.1. The number of hydrogen-bond acceptors (Lipinski definition) is 3. The van der Waals surface area contributed by atoms with Crippen molar-refractivity contribution in [1.29, 1.82) is 0 Å². The first-order chi connectivity index (χ1) is 8.95. The minimum atomic E-state index is -0.633. The summed E-state index contributed by atoms with van der Waals surface area (Å²) in [7, 11) is 0. The number of benzene rings is 1. The number of fused-ring (bicyclic) bond motifs is 1. The number of rotatable bonds is 4. The maximum absolute atomic E-state index is 12.3. The van der Waals surface area contributed by atoms with Crippen LogP contribution in [-0.2, 0) is 11.2 Å². The van der Waals surface area contributed by atoms with Gasteiger partial charge < -0.3 is 15.7 Å². The average molecular weight is 262 g/mol. The lowest BCUT2D eigenvalue weighted by Gasteiger charge is -2.28. The second-order valence-electron chi connectivity index (χ2n) is 5.58. The molecule has 2 atom stereocenters. The molecular weight excluding hydrogens is 240 g/mol. The summed E-state index contributed by atoms with van der Waals surface area (Å²) in [4.78, 5) is 12.3. The highest BCUT2D eigenvalue weighted by atomic mass is 16.3. The Kier molecular flexibility index (Phi) is 3.92. The maximum Gasteiger partial charge on any atom is 0.240 e. The Labute approximate surface area is 114 Å². The fourth-order valence-electron chi connectivity index (χ4n) is 2.59. The molecule has 1 aliphatic carbocycles. The van der Waals surface area contributed by atoms with Crippen LogP contribution in [0, 0.1) is 0 Å². The molecule has 1 amide bonds. The zero-order valence-corrected chi connectivity index (χ0v) is 11.7.